The van der Waals surface area contributed by atoms with Crippen molar-refractivity contribution in [2.75, 3.05) is 38.1 Å². The number of piperidine rings is 1. The fraction of sp³-hybridized carbons (Fsp3) is 0.500. The molecule has 2 aliphatic heterocycles. The fourth-order valence-corrected chi connectivity index (χ4v) is 5.18. The molecule has 2 aromatic heterocycles. The van der Waals surface area contributed by atoms with Crippen molar-refractivity contribution in [2.45, 2.75) is 31.8 Å². The largest absolute Gasteiger partial charge is 0.369 e. The van der Waals surface area contributed by atoms with Crippen LogP contribution in [-0.2, 0) is 16.8 Å². The van der Waals surface area contributed by atoms with Crippen LogP contribution in [0.1, 0.15) is 38.5 Å². The molecule has 1 fully saturated rings. The van der Waals surface area contributed by atoms with Crippen LogP contribution in [0.15, 0.2) is 24.4 Å². The van der Waals surface area contributed by atoms with Crippen LogP contribution in [0.2, 0.25) is 0 Å². The third-order valence-electron chi connectivity index (χ3n) is 5.32. The van der Waals surface area contributed by atoms with Crippen LogP contribution >= 0.6 is 11.3 Å². The lowest BCUT2D eigenvalue weighted by Crippen LogP contribution is -2.43. The Morgan fingerprint density at radius 3 is 3.04 bits per heavy atom. The van der Waals surface area contributed by atoms with Crippen molar-refractivity contribution in [3.05, 3.63) is 45.3 Å². The second-order valence-electron chi connectivity index (χ2n) is 7.16. The van der Waals surface area contributed by atoms with Crippen LogP contribution < -0.4 is 16.0 Å². The van der Waals surface area contributed by atoms with Crippen molar-refractivity contribution in [3.63, 3.8) is 0 Å². The average molecular weight is 387 g/mol. The molecule has 6 nitrogen and oxygen atoms in total. The molecule has 0 saturated carbocycles. The Balaban J connectivity index is 1.36. The van der Waals surface area contributed by atoms with Crippen LogP contribution in [0.3, 0.4) is 0 Å². The lowest BCUT2D eigenvalue weighted by Gasteiger charge is -2.40. The number of aromatic nitrogens is 1. The Bertz CT molecular complexity index is 814. The molecule has 7 heteroatoms. The van der Waals surface area contributed by atoms with Gasteiger partial charge in [0, 0.05) is 24.2 Å². The summed E-state index contributed by atoms with van der Waals surface area (Å²) in [5.74, 6) is 0.862. The van der Waals surface area contributed by atoms with Gasteiger partial charge < -0.3 is 20.7 Å². The van der Waals surface area contributed by atoms with E-state index in [1.54, 1.807) is 17.5 Å². The van der Waals surface area contributed by atoms with E-state index in [-0.39, 0.29) is 11.5 Å². The van der Waals surface area contributed by atoms with Gasteiger partial charge in [0.2, 0.25) is 0 Å². The molecule has 4 rings (SSSR count). The second kappa shape index (κ2) is 7.96. The molecule has 2 aliphatic rings. The van der Waals surface area contributed by atoms with E-state index in [9.17, 15) is 4.79 Å². The van der Waals surface area contributed by atoms with Gasteiger partial charge in [0.15, 0.2) is 0 Å². The van der Waals surface area contributed by atoms with Crippen molar-refractivity contribution in [1.29, 1.82) is 0 Å². The topological polar surface area (TPSA) is 75.3 Å². The van der Waals surface area contributed by atoms with Gasteiger partial charge >= 0.3 is 0 Å². The third kappa shape index (κ3) is 3.85. The number of nitrogens with one attached hydrogen (secondary N) is 3. The highest BCUT2D eigenvalue weighted by Gasteiger charge is 2.41. The minimum atomic E-state index is -0.180. The van der Waals surface area contributed by atoms with Crippen molar-refractivity contribution >= 4 is 23.1 Å². The quantitative estimate of drug-likeness (QED) is 0.688. The van der Waals surface area contributed by atoms with Gasteiger partial charge in [0.1, 0.15) is 11.4 Å². The van der Waals surface area contributed by atoms with Gasteiger partial charge in [-0.15, -0.1) is 11.3 Å². The van der Waals surface area contributed by atoms with Crippen LogP contribution in [0.25, 0.3) is 0 Å². The lowest BCUT2D eigenvalue weighted by atomic mass is 9.86. The molecular weight excluding hydrogens is 360 g/mol. The summed E-state index contributed by atoms with van der Waals surface area (Å²) < 4.78 is 6.21. The molecule has 1 saturated heterocycles. The number of carbonyl (C=O) groups excluding carboxylic acids is 1. The maximum absolute atomic E-state index is 12.6. The molecule has 0 atom stereocenters. The standard InChI is InChI=1S/C20H26N4O2S/c1-14-3-2-7-22-18(14)23-10-11-24-19(25)16-13-15-4-12-26-20(17(15)27-16)5-8-21-9-6-20/h2-3,7,13,21H,4-6,8-12H2,1H3,(H,22,23)(H,24,25). The molecule has 144 valence electrons. The first kappa shape index (κ1) is 18.4. The average Bonchev–Trinajstić information content (AvgIpc) is 3.13. The van der Waals surface area contributed by atoms with Crippen molar-refractivity contribution in [2.24, 2.45) is 0 Å². The Labute approximate surface area is 163 Å². The zero-order chi connectivity index (χ0) is 18.7. The van der Waals surface area contributed by atoms with E-state index in [0.29, 0.717) is 13.1 Å². The van der Waals surface area contributed by atoms with Gasteiger partial charge in [-0.25, -0.2) is 4.98 Å². The molecule has 27 heavy (non-hydrogen) atoms. The number of fused-ring (bicyclic) bond motifs is 2. The summed E-state index contributed by atoms with van der Waals surface area (Å²) in [5, 5.41) is 9.68. The van der Waals surface area contributed by atoms with E-state index in [4.69, 9.17) is 4.74 Å². The maximum atomic E-state index is 12.6. The lowest BCUT2D eigenvalue weighted by molar-refractivity contribution is -0.0771. The maximum Gasteiger partial charge on any atom is 0.261 e. The van der Waals surface area contributed by atoms with E-state index in [1.165, 1.54) is 10.4 Å². The Morgan fingerprint density at radius 1 is 1.37 bits per heavy atom. The number of hydrogen-bond acceptors (Lipinski definition) is 6. The molecule has 1 spiro atoms. The highest BCUT2D eigenvalue weighted by Crippen LogP contribution is 2.44. The minimum absolute atomic E-state index is 0.00183. The van der Waals surface area contributed by atoms with Gasteiger partial charge in [0.05, 0.1) is 11.5 Å². The zero-order valence-electron chi connectivity index (χ0n) is 15.6. The summed E-state index contributed by atoms with van der Waals surface area (Å²) in [4.78, 5) is 19.0. The third-order valence-corrected chi connectivity index (χ3v) is 6.68. The number of hydrogen-bond donors (Lipinski definition) is 3. The fourth-order valence-electron chi connectivity index (χ4n) is 3.85. The first-order valence-corrected chi connectivity index (χ1v) is 10.4. The Kier molecular flexibility index (Phi) is 5.43. The molecule has 0 radical (unpaired) electrons. The second-order valence-corrected chi connectivity index (χ2v) is 8.21. The predicted octanol–water partition coefficient (Wildman–Crippen LogP) is 2.44. The normalized spacial score (nSPS) is 18.1. The molecule has 0 aromatic carbocycles. The number of carbonyl (C=O) groups is 1. The van der Waals surface area contributed by atoms with E-state index >= 15 is 0 Å². The molecule has 0 bridgehead atoms. The molecule has 0 aliphatic carbocycles. The number of amides is 1. The smallest absolute Gasteiger partial charge is 0.261 e. The summed E-state index contributed by atoms with van der Waals surface area (Å²) in [6, 6.07) is 6.00. The molecular formula is C20H26N4O2S. The minimum Gasteiger partial charge on any atom is -0.369 e. The van der Waals surface area contributed by atoms with Crippen LogP contribution in [-0.4, -0.2) is 43.7 Å². The number of aryl methyl sites for hydroxylation is 1. The van der Waals surface area contributed by atoms with Gasteiger partial charge in [-0.3, -0.25) is 4.79 Å². The number of rotatable bonds is 5. The van der Waals surface area contributed by atoms with Crippen molar-refractivity contribution < 1.29 is 9.53 Å². The molecule has 2 aromatic rings. The van der Waals surface area contributed by atoms with Gasteiger partial charge in [-0.1, -0.05) is 6.07 Å². The van der Waals surface area contributed by atoms with Crippen molar-refractivity contribution in [1.82, 2.24) is 15.6 Å². The predicted molar refractivity (Wildman–Crippen MR) is 108 cm³/mol. The van der Waals surface area contributed by atoms with Crippen molar-refractivity contribution in [3.8, 4) is 0 Å². The molecule has 1 amide bonds. The SMILES string of the molecule is Cc1cccnc1NCCNC(=O)c1cc2c(s1)C1(CCNCC1)OCC2. The summed E-state index contributed by atoms with van der Waals surface area (Å²) >= 11 is 1.61. The first-order valence-electron chi connectivity index (χ1n) is 9.59. The molecule has 0 unspecified atom stereocenters. The monoisotopic (exact) mass is 386 g/mol. The number of anilines is 1. The summed E-state index contributed by atoms with van der Waals surface area (Å²) in [6.07, 6.45) is 4.63. The van der Waals surface area contributed by atoms with E-state index in [2.05, 4.69) is 27.0 Å². The van der Waals surface area contributed by atoms with Crippen LogP contribution in [0.5, 0.6) is 0 Å². The summed E-state index contributed by atoms with van der Waals surface area (Å²) in [7, 11) is 0. The summed E-state index contributed by atoms with van der Waals surface area (Å²) in [5.41, 5.74) is 2.21. The zero-order valence-corrected chi connectivity index (χ0v) is 16.5. The van der Waals surface area contributed by atoms with Gasteiger partial charge in [-0.05, 0) is 62.5 Å². The first-order chi connectivity index (χ1) is 13.2. The number of nitrogens with zero attached hydrogens (tertiary/aromatic N) is 1. The Morgan fingerprint density at radius 2 is 2.22 bits per heavy atom. The highest BCUT2D eigenvalue weighted by atomic mass is 32.1. The molecule has 3 N–H and O–H groups in total. The number of ether oxygens (including phenoxy) is 1. The van der Waals surface area contributed by atoms with E-state index < -0.39 is 0 Å². The number of thiophene rings is 1. The summed E-state index contributed by atoms with van der Waals surface area (Å²) in [6.45, 7) is 5.91. The number of pyridine rings is 1. The van der Waals surface area contributed by atoms with Gasteiger partial charge in [0.25, 0.3) is 5.91 Å². The van der Waals surface area contributed by atoms with Gasteiger partial charge in [-0.2, -0.15) is 0 Å². The van der Waals surface area contributed by atoms with Crippen LogP contribution in [0.4, 0.5) is 5.82 Å². The van der Waals surface area contributed by atoms with E-state index in [0.717, 1.165) is 55.2 Å². The van der Waals surface area contributed by atoms with Crippen LogP contribution in [0, 0.1) is 6.92 Å². The van der Waals surface area contributed by atoms with E-state index in [1.807, 2.05) is 19.1 Å². The Hall–Kier alpha value is -1.96. The highest BCUT2D eigenvalue weighted by molar-refractivity contribution is 7.14. The molecule has 4 heterocycles.